The molecule has 4 nitrogen and oxygen atoms in total. The van der Waals surface area contributed by atoms with Gasteiger partial charge < -0.3 is 10.1 Å². The molecule has 0 bridgehead atoms. The van der Waals surface area contributed by atoms with Gasteiger partial charge in [-0.2, -0.15) is 0 Å². The third-order valence-electron chi connectivity index (χ3n) is 5.29. The Balaban J connectivity index is 0.000000339. The monoisotopic (exact) mass is 418 g/mol. The van der Waals surface area contributed by atoms with Gasteiger partial charge >= 0.3 is 0 Å². The first-order valence-corrected chi connectivity index (χ1v) is 11.0. The largest absolute Gasteiger partial charge is 0.462 e. The van der Waals surface area contributed by atoms with Gasteiger partial charge in [-0.3, -0.25) is 9.69 Å². The summed E-state index contributed by atoms with van der Waals surface area (Å²) in [6, 6.07) is 26.8. The topological polar surface area (TPSA) is 41.6 Å². The lowest BCUT2D eigenvalue weighted by Gasteiger charge is -2.34. The van der Waals surface area contributed by atoms with Crippen molar-refractivity contribution < 1.29 is 9.53 Å². The maximum absolute atomic E-state index is 9.60. The highest BCUT2D eigenvalue weighted by molar-refractivity contribution is 5.83. The van der Waals surface area contributed by atoms with Gasteiger partial charge in [0.05, 0.1) is 0 Å². The van der Waals surface area contributed by atoms with Crippen LogP contribution in [-0.2, 0) is 22.5 Å². The normalized spacial score (nSPS) is 16.9. The molecular weight excluding hydrogens is 384 g/mol. The second kappa shape index (κ2) is 11.1. The molecule has 0 aliphatic carbocycles. The van der Waals surface area contributed by atoms with Crippen molar-refractivity contribution in [2.45, 2.75) is 45.4 Å². The number of rotatable bonds is 5. The zero-order valence-electron chi connectivity index (χ0n) is 18.9. The predicted molar refractivity (Wildman–Crippen MR) is 128 cm³/mol. The molecule has 4 rings (SSSR count). The van der Waals surface area contributed by atoms with Gasteiger partial charge in [0, 0.05) is 32.2 Å². The predicted octanol–water partition coefficient (Wildman–Crippen LogP) is 4.81. The highest BCUT2D eigenvalue weighted by Crippen LogP contribution is 2.18. The summed E-state index contributed by atoms with van der Waals surface area (Å²) >= 11 is 0. The molecule has 3 aromatic rings. The molecule has 1 aliphatic heterocycles. The lowest BCUT2D eigenvalue weighted by Crippen LogP contribution is -2.51. The van der Waals surface area contributed by atoms with E-state index in [-0.39, 0.29) is 5.60 Å². The number of fused-ring (bicyclic) bond motifs is 1. The molecule has 31 heavy (non-hydrogen) atoms. The van der Waals surface area contributed by atoms with Gasteiger partial charge in [-0.25, -0.2) is 0 Å². The molecule has 1 fully saturated rings. The van der Waals surface area contributed by atoms with Crippen LogP contribution < -0.4 is 5.32 Å². The van der Waals surface area contributed by atoms with E-state index in [1.165, 1.54) is 21.9 Å². The highest BCUT2D eigenvalue weighted by atomic mass is 16.5. The standard InChI is InChI=1S/C22H24N2.C5H10O2/c1-2-6-18(7-3-1)16-24-13-12-23-22(17-24)15-19-10-11-20-8-4-5-9-21(20)14-19;1-5(2,3)7-4-6/h1-11,14,22-23H,12-13,15-17H2;4H,1-3H3. The van der Waals surface area contributed by atoms with E-state index in [2.05, 4.69) is 87.7 Å². The SMILES string of the molecule is CC(C)(C)OC=O.c1ccc(CN2CCNC(Cc3ccc4ccccc4c3)C2)cc1. The number of piperazine rings is 1. The number of nitrogens with zero attached hydrogens (tertiary/aromatic N) is 1. The third kappa shape index (κ3) is 7.82. The van der Waals surface area contributed by atoms with Crippen molar-refractivity contribution >= 4 is 17.2 Å². The summed E-state index contributed by atoms with van der Waals surface area (Å²) in [6.07, 6.45) is 1.09. The fourth-order valence-corrected chi connectivity index (χ4v) is 3.81. The maximum Gasteiger partial charge on any atom is 0.293 e. The van der Waals surface area contributed by atoms with E-state index in [1.807, 2.05) is 20.8 Å². The fourth-order valence-electron chi connectivity index (χ4n) is 3.81. The van der Waals surface area contributed by atoms with Crippen molar-refractivity contribution in [3.8, 4) is 0 Å². The smallest absolute Gasteiger partial charge is 0.293 e. The molecule has 0 amide bonds. The van der Waals surface area contributed by atoms with Crippen LogP contribution in [-0.4, -0.2) is 42.6 Å². The van der Waals surface area contributed by atoms with Crippen molar-refractivity contribution in [2.75, 3.05) is 19.6 Å². The van der Waals surface area contributed by atoms with Crippen LogP contribution in [0, 0.1) is 0 Å². The molecule has 1 N–H and O–H groups in total. The molecule has 1 atom stereocenters. The molecule has 3 aromatic carbocycles. The average Bonchev–Trinajstić information content (AvgIpc) is 2.74. The summed E-state index contributed by atoms with van der Waals surface area (Å²) in [5.74, 6) is 0. The van der Waals surface area contributed by atoms with Gasteiger partial charge in [-0.15, -0.1) is 0 Å². The molecule has 0 saturated carbocycles. The first-order valence-electron chi connectivity index (χ1n) is 11.0. The number of hydrogen-bond acceptors (Lipinski definition) is 4. The molecule has 1 unspecified atom stereocenters. The summed E-state index contributed by atoms with van der Waals surface area (Å²) in [6.45, 7) is 10.3. The van der Waals surface area contributed by atoms with Crippen molar-refractivity contribution in [1.82, 2.24) is 10.2 Å². The average molecular weight is 419 g/mol. The molecule has 1 saturated heterocycles. The van der Waals surface area contributed by atoms with Gasteiger partial charge in [0.25, 0.3) is 6.47 Å². The zero-order valence-corrected chi connectivity index (χ0v) is 18.9. The quantitative estimate of drug-likeness (QED) is 0.604. The third-order valence-corrected chi connectivity index (χ3v) is 5.29. The van der Waals surface area contributed by atoms with Crippen molar-refractivity contribution in [2.24, 2.45) is 0 Å². The van der Waals surface area contributed by atoms with Crippen molar-refractivity contribution in [1.29, 1.82) is 0 Å². The van der Waals surface area contributed by atoms with Crippen LogP contribution in [0.1, 0.15) is 31.9 Å². The minimum Gasteiger partial charge on any atom is -0.462 e. The number of carbonyl (C=O) groups excluding carboxylic acids is 1. The van der Waals surface area contributed by atoms with E-state index in [1.54, 1.807) is 0 Å². The van der Waals surface area contributed by atoms with Crippen LogP contribution in [0.25, 0.3) is 10.8 Å². The Morgan fingerprint density at radius 3 is 2.35 bits per heavy atom. The Labute approximate surface area is 186 Å². The van der Waals surface area contributed by atoms with E-state index in [0.29, 0.717) is 12.5 Å². The zero-order chi connectivity index (χ0) is 22.1. The van der Waals surface area contributed by atoms with Crippen molar-refractivity contribution in [3.05, 3.63) is 83.9 Å². The second-order valence-electron chi connectivity index (χ2n) is 9.08. The molecule has 1 aliphatic rings. The molecule has 0 radical (unpaired) electrons. The molecule has 4 heteroatoms. The Hall–Kier alpha value is -2.69. The molecule has 0 spiro atoms. The number of hydrogen-bond donors (Lipinski definition) is 1. The van der Waals surface area contributed by atoms with Crippen LogP contribution in [0.15, 0.2) is 72.8 Å². The minimum atomic E-state index is -0.318. The first kappa shape index (κ1) is 23.0. The second-order valence-corrected chi connectivity index (χ2v) is 9.08. The number of nitrogens with one attached hydrogen (secondary N) is 1. The van der Waals surface area contributed by atoms with Gasteiger partial charge in [0.15, 0.2) is 0 Å². The van der Waals surface area contributed by atoms with E-state index in [0.717, 1.165) is 32.6 Å². The van der Waals surface area contributed by atoms with Gasteiger partial charge in [-0.05, 0) is 49.1 Å². The highest BCUT2D eigenvalue weighted by Gasteiger charge is 2.19. The summed E-state index contributed by atoms with van der Waals surface area (Å²) in [7, 11) is 0. The fraction of sp³-hybridized carbons (Fsp3) is 0.370. The van der Waals surface area contributed by atoms with E-state index in [9.17, 15) is 4.79 Å². The Bertz CT molecular complexity index is 950. The Kier molecular flexibility index (Phi) is 8.21. The van der Waals surface area contributed by atoms with Crippen molar-refractivity contribution in [3.63, 3.8) is 0 Å². The Morgan fingerprint density at radius 2 is 1.68 bits per heavy atom. The summed E-state index contributed by atoms with van der Waals surface area (Å²) < 4.78 is 4.55. The maximum atomic E-state index is 9.60. The van der Waals surface area contributed by atoms with Crippen LogP contribution >= 0.6 is 0 Å². The molecule has 164 valence electrons. The summed E-state index contributed by atoms with van der Waals surface area (Å²) in [5, 5.41) is 6.35. The summed E-state index contributed by atoms with van der Waals surface area (Å²) in [4.78, 5) is 12.2. The van der Waals surface area contributed by atoms with E-state index in [4.69, 9.17) is 0 Å². The number of ether oxygens (including phenoxy) is 1. The molecular formula is C27H34N2O2. The molecule has 0 aromatic heterocycles. The number of carbonyl (C=O) groups is 1. The van der Waals surface area contributed by atoms with E-state index < -0.39 is 0 Å². The van der Waals surface area contributed by atoms with Gasteiger partial charge in [-0.1, -0.05) is 72.8 Å². The van der Waals surface area contributed by atoms with Crippen LogP contribution in [0.2, 0.25) is 0 Å². The summed E-state index contributed by atoms with van der Waals surface area (Å²) in [5.41, 5.74) is 2.51. The lowest BCUT2D eigenvalue weighted by atomic mass is 10.00. The molecule has 1 heterocycles. The first-order chi connectivity index (χ1) is 14.9. The number of benzene rings is 3. The van der Waals surface area contributed by atoms with Crippen LogP contribution in [0.5, 0.6) is 0 Å². The van der Waals surface area contributed by atoms with Gasteiger partial charge in [0.1, 0.15) is 5.60 Å². The van der Waals surface area contributed by atoms with Crippen LogP contribution in [0.3, 0.4) is 0 Å². The van der Waals surface area contributed by atoms with E-state index >= 15 is 0 Å². The lowest BCUT2D eigenvalue weighted by molar-refractivity contribution is -0.138. The minimum absolute atomic E-state index is 0.318. The van der Waals surface area contributed by atoms with Crippen LogP contribution in [0.4, 0.5) is 0 Å². The Morgan fingerprint density at radius 1 is 0.968 bits per heavy atom. The van der Waals surface area contributed by atoms with Gasteiger partial charge in [0.2, 0.25) is 0 Å².